The van der Waals surface area contributed by atoms with Gasteiger partial charge in [-0.25, -0.2) is 13.8 Å². The number of hydrogen-bond donors (Lipinski definition) is 1. The number of hydrogen-bond acceptors (Lipinski definition) is 4. The first kappa shape index (κ1) is 16.2. The molecule has 1 aromatic heterocycles. The van der Waals surface area contributed by atoms with Gasteiger partial charge in [-0.05, 0) is 37.0 Å². The van der Waals surface area contributed by atoms with Crippen LogP contribution in [0, 0.1) is 11.6 Å². The first-order valence-electron chi connectivity index (χ1n) is 8.42. The van der Waals surface area contributed by atoms with Crippen LogP contribution >= 0.6 is 0 Å². The Bertz CT molecular complexity index is 803. The summed E-state index contributed by atoms with van der Waals surface area (Å²) < 4.78 is 32.1. The maximum absolute atomic E-state index is 13.6. The van der Waals surface area contributed by atoms with Crippen LogP contribution in [0.5, 0.6) is 0 Å². The Labute approximate surface area is 143 Å². The predicted octanol–water partition coefficient (Wildman–Crippen LogP) is 3.17. The molecule has 5 nitrogen and oxygen atoms in total. The lowest BCUT2D eigenvalue weighted by Gasteiger charge is -2.24. The fourth-order valence-electron chi connectivity index (χ4n) is 3.45. The van der Waals surface area contributed by atoms with E-state index in [0.29, 0.717) is 11.5 Å². The van der Waals surface area contributed by atoms with E-state index in [9.17, 15) is 18.7 Å². The lowest BCUT2D eigenvalue weighted by atomic mass is 9.85. The second-order valence-electron chi connectivity index (χ2n) is 6.74. The molecule has 2 atom stereocenters. The summed E-state index contributed by atoms with van der Waals surface area (Å²) in [6, 6.07) is 3.01. The molecular weight excluding hydrogens is 330 g/mol. The van der Waals surface area contributed by atoms with Crippen molar-refractivity contribution in [2.75, 3.05) is 6.54 Å². The molecule has 1 saturated carbocycles. The van der Waals surface area contributed by atoms with Crippen molar-refractivity contribution in [2.45, 2.75) is 43.7 Å². The van der Waals surface area contributed by atoms with Crippen molar-refractivity contribution >= 4 is 5.91 Å². The van der Waals surface area contributed by atoms with Crippen LogP contribution in [0.1, 0.15) is 59.6 Å². The Balaban J connectivity index is 1.59. The molecule has 2 aliphatic rings. The maximum Gasteiger partial charge on any atom is 0.276 e. The Morgan fingerprint density at radius 2 is 2.08 bits per heavy atom. The molecule has 7 heteroatoms. The summed E-state index contributed by atoms with van der Waals surface area (Å²) in [5.74, 6) is -1.45. The largest absolute Gasteiger partial charge is 0.448 e. The van der Waals surface area contributed by atoms with Crippen molar-refractivity contribution < 1.29 is 23.1 Å². The second kappa shape index (κ2) is 6.22. The fraction of sp³-hybridized carbons (Fsp3) is 0.444. The average molecular weight is 348 g/mol. The molecular formula is C18H18F2N2O3. The molecule has 0 radical (unpaired) electrons. The third kappa shape index (κ3) is 2.93. The summed E-state index contributed by atoms with van der Waals surface area (Å²) in [7, 11) is 0. The van der Waals surface area contributed by atoms with E-state index in [1.54, 1.807) is 0 Å². The molecule has 132 valence electrons. The highest BCUT2D eigenvalue weighted by Crippen LogP contribution is 2.37. The van der Waals surface area contributed by atoms with Crippen molar-refractivity contribution in [2.24, 2.45) is 0 Å². The van der Waals surface area contributed by atoms with Crippen LogP contribution in [0.15, 0.2) is 28.9 Å². The van der Waals surface area contributed by atoms with Gasteiger partial charge >= 0.3 is 0 Å². The van der Waals surface area contributed by atoms with Crippen molar-refractivity contribution in [3.05, 3.63) is 53.2 Å². The van der Waals surface area contributed by atoms with Gasteiger partial charge in [0.25, 0.3) is 5.91 Å². The Hall–Kier alpha value is -2.28. The number of β-amino-alcohol motifs (C(OH)–C–C–N with tert-alkyl or cyclic N) is 1. The van der Waals surface area contributed by atoms with Crippen LogP contribution in [0.2, 0.25) is 0 Å². The van der Waals surface area contributed by atoms with Crippen LogP contribution in [-0.4, -0.2) is 33.5 Å². The summed E-state index contributed by atoms with van der Waals surface area (Å²) in [6.07, 6.45) is 4.03. The molecule has 0 bridgehead atoms. The quantitative estimate of drug-likeness (QED) is 0.925. The summed E-state index contributed by atoms with van der Waals surface area (Å²) in [6.45, 7) is 0.119. The lowest BCUT2D eigenvalue weighted by molar-refractivity contribution is 0.0709. The fourth-order valence-corrected chi connectivity index (χ4v) is 3.45. The summed E-state index contributed by atoms with van der Waals surface area (Å²) in [5.41, 5.74) is 0.634. The number of aliphatic hydroxyl groups excluding tert-OH is 1. The third-order valence-electron chi connectivity index (χ3n) is 5.06. The van der Waals surface area contributed by atoms with Crippen molar-refractivity contribution in [1.29, 1.82) is 0 Å². The number of nitrogens with zero attached hydrogens (tertiary/aromatic N) is 2. The minimum absolute atomic E-state index is 0.119. The number of halogens is 2. The predicted molar refractivity (Wildman–Crippen MR) is 83.9 cm³/mol. The molecule has 2 fully saturated rings. The highest BCUT2D eigenvalue weighted by molar-refractivity contribution is 5.92. The first-order valence-corrected chi connectivity index (χ1v) is 8.42. The van der Waals surface area contributed by atoms with E-state index < -0.39 is 23.8 Å². The number of oxazole rings is 1. The third-order valence-corrected chi connectivity index (χ3v) is 5.06. The summed E-state index contributed by atoms with van der Waals surface area (Å²) >= 11 is 0. The monoisotopic (exact) mass is 348 g/mol. The van der Waals surface area contributed by atoms with E-state index >= 15 is 0 Å². The normalized spacial score (nSPS) is 23.7. The van der Waals surface area contributed by atoms with Gasteiger partial charge in [0, 0.05) is 12.5 Å². The molecule has 2 heterocycles. The van der Waals surface area contributed by atoms with E-state index in [-0.39, 0.29) is 30.5 Å². The van der Waals surface area contributed by atoms with E-state index in [0.717, 1.165) is 31.4 Å². The number of amides is 1. The van der Waals surface area contributed by atoms with Crippen LogP contribution in [0.4, 0.5) is 8.78 Å². The van der Waals surface area contributed by atoms with Crippen LogP contribution in [0.3, 0.4) is 0 Å². The molecule has 1 saturated heterocycles. The van der Waals surface area contributed by atoms with Gasteiger partial charge in [-0.3, -0.25) is 4.79 Å². The zero-order valence-electron chi connectivity index (χ0n) is 13.5. The number of aromatic nitrogens is 1. The zero-order valence-corrected chi connectivity index (χ0v) is 13.5. The number of carbonyl (C=O) groups excluding carboxylic acids is 1. The summed E-state index contributed by atoms with van der Waals surface area (Å²) in [5, 5.41) is 9.99. The van der Waals surface area contributed by atoms with Gasteiger partial charge in [0.05, 0.1) is 12.1 Å². The van der Waals surface area contributed by atoms with Gasteiger partial charge in [0.15, 0.2) is 23.2 Å². The highest BCUT2D eigenvalue weighted by atomic mass is 19.2. The number of rotatable bonds is 3. The molecule has 1 amide bonds. The summed E-state index contributed by atoms with van der Waals surface area (Å²) in [4.78, 5) is 18.5. The smallest absolute Gasteiger partial charge is 0.276 e. The molecule has 4 rings (SSSR count). The van der Waals surface area contributed by atoms with Gasteiger partial charge < -0.3 is 14.4 Å². The topological polar surface area (TPSA) is 66.6 Å². The van der Waals surface area contributed by atoms with Crippen molar-refractivity contribution in [1.82, 2.24) is 9.88 Å². The molecule has 1 aliphatic carbocycles. The van der Waals surface area contributed by atoms with E-state index in [2.05, 4.69) is 4.98 Å². The van der Waals surface area contributed by atoms with Gasteiger partial charge in [0.2, 0.25) is 0 Å². The number of aliphatic hydroxyl groups is 1. The Morgan fingerprint density at radius 3 is 2.76 bits per heavy atom. The molecule has 1 aromatic carbocycles. The van der Waals surface area contributed by atoms with Crippen LogP contribution in [-0.2, 0) is 0 Å². The van der Waals surface area contributed by atoms with Crippen LogP contribution in [0.25, 0.3) is 0 Å². The molecule has 2 aromatic rings. The molecule has 0 spiro atoms. The van der Waals surface area contributed by atoms with Crippen molar-refractivity contribution in [3.63, 3.8) is 0 Å². The minimum Gasteiger partial charge on any atom is -0.448 e. The molecule has 1 N–H and O–H groups in total. The minimum atomic E-state index is -0.972. The Morgan fingerprint density at radius 1 is 1.28 bits per heavy atom. The van der Waals surface area contributed by atoms with E-state index in [1.165, 1.54) is 17.2 Å². The SMILES string of the molecule is O=C(c1coc(C2CCC2)n1)N1C[C@@H](O)C[C@H]1c1ccc(F)c(F)c1. The van der Waals surface area contributed by atoms with Crippen molar-refractivity contribution in [3.8, 4) is 0 Å². The van der Waals surface area contributed by atoms with Gasteiger partial charge in [0.1, 0.15) is 6.26 Å². The van der Waals surface area contributed by atoms with Gasteiger partial charge in [-0.2, -0.15) is 0 Å². The number of benzene rings is 1. The molecule has 25 heavy (non-hydrogen) atoms. The average Bonchev–Trinajstić information content (AvgIpc) is 3.15. The molecule has 0 unspecified atom stereocenters. The maximum atomic E-state index is 13.6. The van der Waals surface area contributed by atoms with Crippen LogP contribution < -0.4 is 0 Å². The number of carbonyl (C=O) groups is 1. The van der Waals surface area contributed by atoms with E-state index in [1.807, 2.05) is 0 Å². The standard InChI is InChI=1S/C18H18F2N2O3/c19-13-5-4-11(6-14(13)20)16-7-12(23)8-22(16)18(24)15-9-25-17(21-15)10-2-1-3-10/h4-6,9-10,12,16,23H,1-3,7-8H2/t12-,16-/m0/s1. The number of likely N-dealkylation sites (tertiary alicyclic amines) is 1. The van der Waals surface area contributed by atoms with Gasteiger partial charge in [-0.1, -0.05) is 12.5 Å². The zero-order chi connectivity index (χ0) is 17.6. The molecule has 1 aliphatic heterocycles. The highest BCUT2D eigenvalue weighted by Gasteiger charge is 2.37. The second-order valence-corrected chi connectivity index (χ2v) is 6.74. The van der Waals surface area contributed by atoms with Gasteiger partial charge in [-0.15, -0.1) is 0 Å². The Kier molecular flexibility index (Phi) is 4.03. The lowest BCUT2D eigenvalue weighted by Crippen LogP contribution is -2.32. The first-order chi connectivity index (χ1) is 12.0. The van der Waals surface area contributed by atoms with E-state index in [4.69, 9.17) is 4.42 Å².